The second-order valence-electron chi connectivity index (χ2n) is 11.5. The van der Waals surface area contributed by atoms with E-state index in [1.54, 1.807) is 73.9 Å². The van der Waals surface area contributed by atoms with Crippen molar-refractivity contribution in [2.45, 2.75) is 53.8 Å². The number of benzene rings is 2. The number of nitrogen functional groups attached to an aromatic ring is 2. The molecule has 0 amide bonds. The van der Waals surface area contributed by atoms with Crippen LogP contribution in [0.25, 0.3) is 10.6 Å². The highest BCUT2D eigenvalue weighted by atomic mass is 79.9. The predicted molar refractivity (Wildman–Crippen MR) is 200 cm³/mol. The van der Waals surface area contributed by atoms with E-state index in [1.807, 2.05) is 62.7 Å². The van der Waals surface area contributed by atoms with Gasteiger partial charge in [0.15, 0.2) is 3.92 Å². The molecule has 4 aromatic rings. The van der Waals surface area contributed by atoms with Crippen molar-refractivity contribution in [2.75, 3.05) is 38.1 Å². The molecule has 0 aliphatic carbocycles. The third-order valence-electron chi connectivity index (χ3n) is 6.85. The van der Waals surface area contributed by atoms with Crippen LogP contribution in [0, 0.1) is 0 Å². The normalized spacial score (nSPS) is 15.1. The molecule has 0 saturated carbocycles. The fourth-order valence-corrected chi connectivity index (χ4v) is 7.60. The van der Waals surface area contributed by atoms with Crippen molar-refractivity contribution >= 4 is 87.5 Å². The minimum Gasteiger partial charge on any atom is -0.399 e. The van der Waals surface area contributed by atoms with Gasteiger partial charge in [0.25, 0.3) is 0 Å². The summed E-state index contributed by atoms with van der Waals surface area (Å²) in [6, 6.07) is 11.1. The first kappa shape index (κ1) is 40.2. The molecule has 0 unspecified atom stereocenters. The number of nitrogens with zero attached hydrogens (tertiary/aromatic N) is 2. The van der Waals surface area contributed by atoms with Gasteiger partial charge in [0.2, 0.25) is 0 Å². The lowest BCUT2D eigenvalue weighted by molar-refractivity contribution is 0.00578. The first-order chi connectivity index (χ1) is 19.3. The molecule has 2 aromatic carbocycles. The van der Waals surface area contributed by atoms with Crippen LogP contribution >= 0.6 is 52.9 Å². The lowest BCUT2D eigenvalue weighted by atomic mass is 9.79. The van der Waals surface area contributed by atoms with Gasteiger partial charge in [-0.15, -0.1) is 22.7 Å². The summed E-state index contributed by atoms with van der Waals surface area (Å²) >= 11 is 6.33. The summed E-state index contributed by atoms with van der Waals surface area (Å²) in [4.78, 5) is 8.08. The standard InChI is InChI=1S/C14H23BNO3P.C11H13N2OPS.C3H2BrNS.2CH4/c1-13(2)14(3,4)19-15(18-13)10-7-8-11(16)12(9-10)20(5,6)17;1-15(2,14)10-7-8(3-4-9(10)12)11-13-5-6-16-11;4-3-5-1-2-6-3;;/h7-9H,16H2,1-6H3;3-7H,12H2,1-2H3;1-2H;2*1H4. The van der Waals surface area contributed by atoms with E-state index in [1.165, 1.54) is 0 Å². The molecule has 0 radical (unpaired) electrons. The van der Waals surface area contributed by atoms with E-state index in [9.17, 15) is 9.13 Å². The van der Waals surface area contributed by atoms with Gasteiger partial charge in [-0.2, -0.15) is 0 Å². The van der Waals surface area contributed by atoms with Gasteiger partial charge < -0.3 is 29.9 Å². The number of anilines is 2. The Labute approximate surface area is 280 Å². The van der Waals surface area contributed by atoms with Crippen molar-refractivity contribution in [3.63, 3.8) is 0 Å². The summed E-state index contributed by atoms with van der Waals surface area (Å²) in [5.41, 5.74) is 14.0. The maximum atomic E-state index is 12.3. The zero-order valence-electron chi connectivity index (χ0n) is 25.1. The smallest absolute Gasteiger partial charge is 0.399 e. The average molecular weight is 744 g/mol. The van der Waals surface area contributed by atoms with Crippen molar-refractivity contribution < 1.29 is 18.4 Å². The Hall–Kier alpha value is -1.78. The average Bonchev–Trinajstić information content (AvgIpc) is 3.61. The van der Waals surface area contributed by atoms with Crippen LogP contribution in [0.2, 0.25) is 0 Å². The van der Waals surface area contributed by atoms with Crippen LogP contribution in [0.5, 0.6) is 0 Å². The molecule has 5 rings (SSSR count). The van der Waals surface area contributed by atoms with Crippen LogP contribution in [0.15, 0.2) is 63.5 Å². The van der Waals surface area contributed by atoms with E-state index in [0.717, 1.165) is 25.3 Å². The zero-order chi connectivity index (χ0) is 31.5. The molecule has 0 spiro atoms. The number of thiazole rings is 2. The van der Waals surface area contributed by atoms with Gasteiger partial charge in [0.1, 0.15) is 19.3 Å². The molecule has 242 valence electrons. The second kappa shape index (κ2) is 15.7. The Morgan fingerprint density at radius 1 is 0.773 bits per heavy atom. The lowest BCUT2D eigenvalue weighted by Crippen LogP contribution is -2.41. The SMILES string of the molecule is Brc1nccs1.C.C.CC1(C)OB(c2ccc(N)c(P(C)(C)=O)c2)OC1(C)C.CP(C)(=O)c1cc(-c2nccs2)ccc1N. The van der Waals surface area contributed by atoms with E-state index >= 15 is 0 Å². The summed E-state index contributed by atoms with van der Waals surface area (Å²) < 4.78 is 37.3. The number of aromatic nitrogens is 2. The Balaban J connectivity index is 0.000000361. The minimum absolute atomic E-state index is 0. The zero-order valence-corrected chi connectivity index (χ0v) is 30.1. The maximum absolute atomic E-state index is 12.3. The largest absolute Gasteiger partial charge is 0.494 e. The Morgan fingerprint density at radius 2 is 1.25 bits per heavy atom. The van der Waals surface area contributed by atoms with Gasteiger partial charge in [-0.3, -0.25) is 0 Å². The van der Waals surface area contributed by atoms with Gasteiger partial charge in [-0.25, -0.2) is 9.97 Å². The molecular formula is C30H46BBrN4O4P2S2. The molecule has 14 heteroatoms. The molecule has 3 heterocycles. The van der Waals surface area contributed by atoms with Crippen molar-refractivity contribution in [1.29, 1.82) is 0 Å². The highest BCUT2D eigenvalue weighted by molar-refractivity contribution is 9.11. The Bertz CT molecular complexity index is 1570. The molecule has 1 aliphatic heterocycles. The molecule has 1 saturated heterocycles. The van der Waals surface area contributed by atoms with Gasteiger partial charge in [0, 0.05) is 50.7 Å². The molecule has 1 fully saturated rings. The van der Waals surface area contributed by atoms with E-state index < -0.39 is 21.4 Å². The molecule has 8 nitrogen and oxygen atoms in total. The highest BCUT2D eigenvalue weighted by Gasteiger charge is 2.51. The highest BCUT2D eigenvalue weighted by Crippen LogP contribution is 2.39. The molecule has 4 N–H and O–H groups in total. The third-order valence-corrected chi connectivity index (χ3v) is 12.1. The monoisotopic (exact) mass is 742 g/mol. The number of halogens is 1. The van der Waals surface area contributed by atoms with Crippen molar-refractivity contribution in [1.82, 2.24) is 9.97 Å². The predicted octanol–water partition coefficient (Wildman–Crippen LogP) is 7.63. The van der Waals surface area contributed by atoms with E-state index in [4.69, 9.17) is 20.8 Å². The van der Waals surface area contributed by atoms with Crippen LogP contribution < -0.4 is 27.5 Å². The molecule has 0 atom stereocenters. The fraction of sp³-hybridized carbons (Fsp3) is 0.400. The maximum Gasteiger partial charge on any atom is 0.494 e. The lowest BCUT2D eigenvalue weighted by Gasteiger charge is -2.32. The molecule has 2 aromatic heterocycles. The molecule has 0 bridgehead atoms. The van der Waals surface area contributed by atoms with E-state index in [0.29, 0.717) is 16.7 Å². The first-order valence-electron chi connectivity index (χ1n) is 13.0. The molecule has 1 aliphatic rings. The van der Waals surface area contributed by atoms with E-state index in [2.05, 4.69) is 25.9 Å². The number of nitrogens with two attached hydrogens (primary N) is 2. The van der Waals surface area contributed by atoms with Crippen LogP contribution in [0.4, 0.5) is 11.4 Å². The fourth-order valence-electron chi connectivity index (χ4n) is 3.87. The second-order valence-corrected chi connectivity index (χ2v) is 20.9. The summed E-state index contributed by atoms with van der Waals surface area (Å²) in [6.45, 7) is 14.9. The third kappa shape index (κ3) is 10.4. The summed E-state index contributed by atoms with van der Waals surface area (Å²) in [5.74, 6) is 0. The Morgan fingerprint density at radius 3 is 1.66 bits per heavy atom. The van der Waals surface area contributed by atoms with Gasteiger partial charge in [0.05, 0.1) is 11.2 Å². The minimum atomic E-state index is -2.42. The van der Waals surface area contributed by atoms with Crippen molar-refractivity contribution in [2.24, 2.45) is 0 Å². The van der Waals surface area contributed by atoms with Gasteiger partial charge in [-0.1, -0.05) is 20.9 Å². The summed E-state index contributed by atoms with van der Waals surface area (Å²) in [5, 5.41) is 6.19. The topological polar surface area (TPSA) is 130 Å². The van der Waals surface area contributed by atoms with E-state index in [-0.39, 0.29) is 26.1 Å². The number of hydrogen-bond donors (Lipinski definition) is 2. The van der Waals surface area contributed by atoms with Crippen LogP contribution in [0.3, 0.4) is 0 Å². The summed E-state index contributed by atoms with van der Waals surface area (Å²) in [6.07, 6.45) is 3.52. The Kier molecular flexibility index (Phi) is 14.3. The van der Waals surface area contributed by atoms with Crippen molar-refractivity contribution in [3.05, 3.63) is 63.5 Å². The molecular weight excluding hydrogens is 697 g/mol. The quantitative estimate of drug-likeness (QED) is 0.124. The van der Waals surface area contributed by atoms with Gasteiger partial charge in [-0.05, 0) is 106 Å². The van der Waals surface area contributed by atoms with Crippen LogP contribution in [0.1, 0.15) is 42.5 Å². The first-order valence-corrected chi connectivity index (χ1v) is 20.8. The molecule has 44 heavy (non-hydrogen) atoms. The summed E-state index contributed by atoms with van der Waals surface area (Å²) in [7, 11) is -5.21. The number of hydrogen-bond acceptors (Lipinski definition) is 10. The van der Waals surface area contributed by atoms with Crippen molar-refractivity contribution in [3.8, 4) is 10.6 Å². The van der Waals surface area contributed by atoms with Crippen LogP contribution in [-0.4, -0.2) is 54.9 Å². The number of rotatable bonds is 4. The van der Waals surface area contributed by atoms with Gasteiger partial charge >= 0.3 is 7.12 Å². The van der Waals surface area contributed by atoms with Crippen LogP contribution in [-0.2, 0) is 18.4 Å².